The van der Waals surface area contributed by atoms with E-state index in [4.69, 9.17) is 0 Å². The van der Waals surface area contributed by atoms with Gasteiger partial charge in [-0.2, -0.15) is 0 Å². The maximum Gasteiger partial charge on any atom is 0.263 e. The molecule has 8 heteroatoms. The predicted octanol–water partition coefficient (Wildman–Crippen LogP) is 4.03. The van der Waals surface area contributed by atoms with Gasteiger partial charge in [-0.3, -0.25) is 14.2 Å². The molecule has 0 saturated carbocycles. The van der Waals surface area contributed by atoms with Crippen LogP contribution in [0.4, 0.5) is 0 Å². The van der Waals surface area contributed by atoms with E-state index in [1.165, 1.54) is 22.2 Å². The van der Waals surface area contributed by atoms with Crippen molar-refractivity contribution in [2.24, 2.45) is 0 Å². The number of hydrogen-bond acceptors (Lipinski definition) is 5. The van der Waals surface area contributed by atoms with E-state index in [9.17, 15) is 9.59 Å². The molecule has 5 aromatic rings. The first-order valence-corrected chi connectivity index (χ1v) is 11.3. The standard InChI is InChI=1S/C22H18N4O2S2/c27-19(23-8-7-14-10-24-17-5-2-1-4-15(14)17)11-26-13-25-21-20(22(26)28)16(12-30-21)18-6-3-9-29-18/h1-6,9-10,12-13,24H,7-8,11H2,(H,23,27). The van der Waals surface area contributed by atoms with Crippen LogP contribution in [0, 0.1) is 0 Å². The monoisotopic (exact) mass is 434 g/mol. The molecule has 1 amide bonds. The van der Waals surface area contributed by atoms with E-state index in [1.54, 1.807) is 11.3 Å². The van der Waals surface area contributed by atoms with Gasteiger partial charge in [-0.1, -0.05) is 24.3 Å². The van der Waals surface area contributed by atoms with Crippen LogP contribution in [0.1, 0.15) is 5.56 Å². The van der Waals surface area contributed by atoms with E-state index in [2.05, 4.69) is 21.4 Å². The smallest absolute Gasteiger partial charge is 0.263 e. The van der Waals surface area contributed by atoms with Crippen LogP contribution in [-0.2, 0) is 17.8 Å². The Morgan fingerprint density at radius 1 is 1.17 bits per heavy atom. The van der Waals surface area contributed by atoms with Gasteiger partial charge in [-0.05, 0) is 29.5 Å². The van der Waals surface area contributed by atoms with E-state index in [0.717, 1.165) is 33.3 Å². The lowest BCUT2D eigenvalue weighted by Crippen LogP contribution is -2.33. The molecule has 0 saturated heterocycles. The van der Waals surface area contributed by atoms with Crippen LogP contribution in [0.5, 0.6) is 0 Å². The molecule has 0 unspecified atom stereocenters. The molecule has 0 atom stereocenters. The fourth-order valence-corrected chi connectivity index (χ4v) is 5.30. The van der Waals surface area contributed by atoms with Crippen molar-refractivity contribution in [3.63, 3.8) is 0 Å². The highest BCUT2D eigenvalue weighted by molar-refractivity contribution is 7.18. The molecule has 6 nitrogen and oxygen atoms in total. The van der Waals surface area contributed by atoms with Crippen molar-refractivity contribution in [2.75, 3.05) is 6.54 Å². The Morgan fingerprint density at radius 3 is 2.93 bits per heavy atom. The van der Waals surface area contributed by atoms with Crippen molar-refractivity contribution >= 4 is 49.7 Å². The van der Waals surface area contributed by atoms with Gasteiger partial charge < -0.3 is 10.3 Å². The number of hydrogen-bond donors (Lipinski definition) is 2. The summed E-state index contributed by atoms with van der Waals surface area (Å²) in [5.41, 5.74) is 2.94. The Labute approximate surface area is 179 Å². The van der Waals surface area contributed by atoms with Crippen molar-refractivity contribution in [1.82, 2.24) is 19.9 Å². The lowest BCUT2D eigenvalue weighted by Gasteiger charge is -2.07. The molecule has 4 aromatic heterocycles. The fourth-order valence-electron chi connectivity index (χ4n) is 3.58. The molecule has 5 rings (SSSR count). The molecule has 0 spiro atoms. The summed E-state index contributed by atoms with van der Waals surface area (Å²) in [6.45, 7) is 0.458. The third-order valence-corrected chi connectivity index (χ3v) is 6.84. The summed E-state index contributed by atoms with van der Waals surface area (Å²) in [5.74, 6) is -0.203. The minimum Gasteiger partial charge on any atom is -0.361 e. The number of nitrogens with zero attached hydrogens (tertiary/aromatic N) is 2. The summed E-state index contributed by atoms with van der Waals surface area (Å²) in [5, 5.41) is 8.59. The largest absolute Gasteiger partial charge is 0.361 e. The van der Waals surface area contributed by atoms with E-state index >= 15 is 0 Å². The van der Waals surface area contributed by atoms with Crippen LogP contribution in [0.25, 0.3) is 31.6 Å². The van der Waals surface area contributed by atoms with Gasteiger partial charge in [0.25, 0.3) is 5.56 Å². The summed E-state index contributed by atoms with van der Waals surface area (Å²) < 4.78 is 1.38. The van der Waals surface area contributed by atoms with Crippen LogP contribution >= 0.6 is 22.7 Å². The Kier molecular flexibility index (Phi) is 4.94. The first kappa shape index (κ1) is 18.8. The van der Waals surface area contributed by atoms with Gasteiger partial charge in [0.05, 0.1) is 11.7 Å². The number of fused-ring (bicyclic) bond motifs is 2. The minimum absolute atomic E-state index is 0.0462. The summed E-state index contributed by atoms with van der Waals surface area (Å²) in [7, 11) is 0. The number of carbonyl (C=O) groups excluding carboxylic acids is 1. The highest BCUT2D eigenvalue weighted by Crippen LogP contribution is 2.33. The molecule has 0 aliphatic rings. The highest BCUT2D eigenvalue weighted by atomic mass is 32.1. The van der Waals surface area contributed by atoms with Gasteiger partial charge in [-0.25, -0.2) is 4.98 Å². The van der Waals surface area contributed by atoms with Crippen LogP contribution in [0.2, 0.25) is 0 Å². The second kappa shape index (κ2) is 7.89. The van der Waals surface area contributed by atoms with Crippen LogP contribution in [0.3, 0.4) is 0 Å². The van der Waals surface area contributed by atoms with E-state index in [-0.39, 0.29) is 18.0 Å². The minimum atomic E-state index is -0.203. The Balaban J connectivity index is 1.29. The van der Waals surface area contributed by atoms with Gasteiger partial charge >= 0.3 is 0 Å². The van der Waals surface area contributed by atoms with E-state index < -0.39 is 0 Å². The average molecular weight is 435 g/mol. The Morgan fingerprint density at radius 2 is 2.07 bits per heavy atom. The topological polar surface area (TPSA) is 79.8 Å². The number of H-pyrrole nitrogens is 1. The number of benzene rings is 1. The number of amides is 1. The molecule has 4 heterocycles. The van der Waals surface area contributed by atoms with E-state index in [1.807, 2.05) is 47.3 Å². The zero-order valence-corrected chi connectivity index (χ0v) is 17.6. The number of nitrogens with one attached hydrogen (secondary N) is 2. The maximum absolute atomic E-state index is 13.0. The second-order valence-corrected chi connectivity index (χ2v) is 8.75. The van der Waals surface area contributed by atoms with Gasteiger partial charge in [0, 0.05) is 39.5 Å². The summed E-state index contributed by atoms with van der Waals surface area (Å²) >= 11 is 3.03. The molecule has 0 fully saturated rings. The molecule has 0 radical (unpaired) electrons. The normalized spacial score (nSPS) is 11.3. The van der Waals surface area contributed by atoms with Gasteiger partial charge in [-0.15, -0.1) is 22.7 Å². The predicted molar refractivity (Wildman–Crippen MR) is 122 cm³/mol. The summed E-state index contributed by atoms with van der Waals surface area (Å²) in [6.07, 6.45) is 4.15. The third-order valence-electron chi connectivity index (χ3n) is 5.05. The number of para-hydroxylation sites is 1. The molecule has 150 valence electrons. The number of thiophene rings is 2. The second-order valence-electron chi connectivity index (χ2n) is 6.94. The Bertz CT molecular complexity index is 1400. The van der Waals surface area contributed by atoms with Crippen LogP contribution in [0.15, 0.2) is 64.5 Å². The number of carbonyl (C=O) groups is 1. The van der Waals surface area contributed by atoms with Crippen LogP contribution in [-0.4, -0.2) is 27.0 Å². The highest BCUT2D eigenvalue weighted by Gasteiger charge is 2.15. The molecular formula is C22H18N4O2S2. The van der Waals surface area contributed by atoms with Gasteiger partial charge in [0.2, 0.25) is 5.91 Å². The molecule has 0 aliphatic heterocycles. The van der Waals surface area contributed by atoms with Gasteiger partial charge in [0.15, 0.2) is 0 Å². The van der Waals surface area contributed by atoms with Crippen molar-refractivity contribution in [3.8, 4) is 10.4 Å². The molecule has 2 N–H and O–H groups in total. The van der Waals surface area contributed by atoms with Crippen molar-refractivity contribution in [1.29, 1.82) is 0 Å². The summed E-state index contributed by atoms with van der Waals surface area (Å²) in [6, 6.07) is 12.0. The SMILES string of the molecule is O=C(Cn1cnc2scc(-c3cccs3)c2c1=O)NCCc1c[nH]c2ccccc12. The molecule has 0 bridgehead atoms. The molecule has 1 aromatic carbocycles. The quantitative estimate of drug-likeness (QED) is 0.424. The third kappa shape index (κ3) is 3.44. The zero-order valence-electron chi connectivity index (χ0n) is 15.9. The van der Waals surface area contributed by atoms with Crippen molar-refractivity contribution in [3.05, 3.63) is 75.6 Å². The number of rotatable bonds is 6. The first-order chi connectivity index (χ1) is 14.7. The van der Waals surface area contributed by atoms with Crippen molar-refractivity contribution in [2.45, 2.75) is 13.0 Å². The molecular weight excluding hydrogens is 416 g/mol. The lowest BCUT2D eigenvalue weighted by molar-refractivity contribution is -0.121. The first-order valence-electron chi connectivity index (χ1n) is 9.53. The van der Waals surface area contributed by atoms with Crippen LogP contribution < -0.4 is 10.9 Å². The summed E-state index contributed by atoms with van der Waals surface area (Å²) in [4.78, 5) is 34.8. The van der Waals surface area contributed by atoms with Crippen molar-refractivity contribution < 1.29 is 4.79 Å². The number of aromatic amines is 1. The molecule has 0 aliphatic carbocycles. The molecule has 30 heavy (non-hydrogen) atoms. The van der Waals surface area contributed by atoms with E-state index in [0.29, 0.717) is 16.8 Å². The zero-order chi connectivity index (χ0) is 20.5. The maximum atomic E-state index is 13.0. The fraction of sp³-hybridized carbons (Fsp3) is 0.136. The number of aromatic nitrogens is 3. The van der Waals surface area contributed by atoms with Gasteiger partial charge in [0.1, 0.15) is 11.4 Å². The Hall–Kier alpha value is -3.23. The average Bonchev–Trinajstić information content (AvgIpc) is 3.49. The lowest BCUT2D eigenvalue weighted by atomic mass is 10.1.